The van der Waals surface area contributed by atoms with E-state index in [2.05, 4.69) is 45.7 Å². The number of piperidine rings is 1. The van der Waals surface area contributed by atoms with Gasteiger partial charge in [-0.2, -0.15) is 0 Å². The Morgan fingerprint density at radius 1 is 1.24 bits per heavy atom. The van der Waals surface area contributed by atoms with Crippen molar-refractivity contribution in [2.75, 3.05) is 19.6 Å². The molecule has 2 aliphatic heterocycles. The van der Waals surface area contributed by atoms with E-state index in [-0.39, 0.29) is 0 Å². The van der Waals surface area contributed by atoms with Crippen molar-refractivity contribution >= 4 is 11.6 Å². The Morgan fingerprint density at radius 2 is 2.16 bits per heavy atom. The van der Waals surface area contributed by atoms with Gasteiger partial charge in [-0.1, -0.05) is 12.5 Å². The van der Waals surface area contributed by atoms with Crippen molar-refractivity contribution in [2.24, 2.45) is 0 Å². The van der Waals surface area contributed by atoms with Crippen molar-refractivity contribution in [1.82, 2.24) is 19.2 Å². The number of amides is 1. The van der Waals surface area contributed by atoms with Crippen molar-refractivity contribution in [3.8, 4) is 0 Å². The summed E-state index contributed by atoms with van der Waals surface area (Å²) in [6.07, 6.45) is 10.9. The molecule has 1 amide bonds. The number of hydrogen-bond donors (Lipinski definition) is 0. The minimum Gasteiger partial charge on any atom is -0.343 e. The van der Waals surface area contributed by atoms with Crippen molar-refractivity contribution in [3.63, 3.8) is 0 Å². The van der Waals surface area contributed by atoms with Crippen molar-refractivity contribution in [1.29, 1.82) is 0 Å². The smallest absolute Gasteiger partial charge is 0.222 e. The number of nitrogens with zero attached hydrogens (tertiary/aromatic N) is 4. The van der Waals surface area contributed by atoms with E-state index in [1.165, 1.54) is 24.8 Å². The predicted octanol–water partition coefficient (Wildman–Crippen LogP) is 3.01. The van der Waals surface area contributed by atoms with Gasteiger partial charge in [-0.05, 0) is 50.8 Å². The van der Waals surface area contributed by atoms with E-state index in [1.54, 1.807) is 0 Å². The van der Waals surface area contributed by atoms with E-state index in [9.17, 15) is 4.79 Å². The van der Waals surface area contributed by atoms with Gasteiger partial charge in [-0.15, -0.1) is 0 Å². The number of aryl methyl sites for hydroxylation is 1. The maximum absolute atomic E-state index is 11.9. The fourth-order valence-corrected chi connectivity index (χ4v) is 4.33. The van der Waals surface area contributed by atoms with Gasteiger partial charge < -0.3 is 9.30 Å². The highest BCUT2D eigenvalue weighted by molar-refractivity contribution is 5.78. The van der Waals surface area contributed by atoms with Gasteiger partial charge in [-0.3, -0.25) is 9.69 Å². The first-order valence-electron chi connectivity index (χ1n) is 9.66. The molecule has 0 N–H and O–H groups in total. The van der Waals surface area contributed by atoms with Gasteiger partial charge in [0.25, 0.3) is 0 Å². The monoisotopic (exact) mass is 340 g/mol. The number of fused-ring (bicyclic) bond motifs is 1. The van der Waals surface area contributed by atoms with Crippen molar-refractivity contribution in [3.05, 3.63) is 35.8 Å². The Labute approximate surface area is 149 Å². The zero-order valence-corrected chi connectivity index (χ0v) is 15.2. The third-order valence-corrected chi connectivity index (χ3v) is 5.75. The minimum atomic E-state index is 0.346. The van der Waals surface area contributed by atoms with Gasteiger partial charge >= 0.3 is 0 Å². The minimum absolute atomic E-state index is 0.346. The molecule has 25 heavy (non-hydrogen) atoms. The van der Waals surface area contributed by atoms with Crippen LogP contribution in [0.2, 0.25) is 0 Å². The lowest BCUT2D eigenvalue weighted by Crippen LogP contribution is -2.41. The van der Waals surface area contributed by atoms with Crippen LogP contribution >= 0.6 is 0 Å². The quantitative estimate of drug-likeness (QED) is 0.840. The molecule has 5 nitrogen and oxygen atoms in total. The second-order valence-electron chi connectivity index (χ2n) is 7.55. The topological polar surface area (TPSA) is 40.9 Å². The largest absolute Gasteiger partial charge is 0.343 e. The lowest BCUT2D eigenvalue weighted by Gasteiger charge is -2.36. The van der Waals surface area contributed by atoms with Crippen molar-refractivity contribution < 1.29 is 4.79 Å². The van der Waals surface area contributed by atoms with Crippen LogP contribution in [0.5, 0.6) is 0 Å². The van der Waals surface area contributed by atoms with Gasteiger partial charge in [0, 0.05) is 44.5 Å². The van der Waals surface area contributed by atoms with E-state index in [0.29, 0.717) is 11.9 Å². The maximum atomic E-state index is 11.9. The summed E-state index contributed by atoms with van der Waals surface area (Å²) in [4.78, 5) is 21.3. The Hall–Kier alpha value is -1.88. The molecular formula is C20H28N4O. The molecule has 5 heteroatoms. The molecule has 2 aliphatic rings. The molecule has 0 unspecified atom stereocenters. The number of pyridine rings is 1. The highest BCUT2D eigenvalue weighted by Gasteiger charge is 2.26. The molecule has 2 saturated heterocycles. The number of rotatable bonds is 5. The highest BCUT2D eigenvalue weighted by Crippen LogP contribution is 2.23. The van der Waals surface area contributed by atoms with Crippen LogP contribution in [0.1, 0.15) is 49.8 Å². The van der Waals surface area contributed by atoms with Crippen LogP contribution in [0.3, 0.4) is 0 Å². The highest BCUT2D eigenvalue weighted by atomic mass is 16.2. The number of carbonyl (C=O) groups excluding carboxylic acids is 1. The molecule has 2 aromatic heterocycles. The summed E-state index contributed by atoms with van der Waals surface area (Å²) in [7, 11) is 0. The summed E-state index contributed by atoms with van der Waals surface area (Å²) in [5.41, 5.74) is 3.43. The molecule has 0 saturated carbocycles. The Morgan fingerprint density at radius 3 is 2.96 bits per heavy atom. The first kappa shape index (κ1) is 16.6. The first-order valence-corrected chi connectivity index (χ1v) is 9.66. The van der Waals surface area contributed by atoms with Gasteiger partial charge in [0.15, 0.2) is 0 Å². The summed E-state index contributed by atoms with van der Waals surface area (Å²) in [6, 6.07) is 4.76. The van der Waals surface area contributed by atoms with Gasteiger partial charge in [0.1, 0.15) is 5.65 Å². The van der Waals surface area contributed by atoms with Crippen LogP contribution in [0.4, 0.5) is 0 Å². The van der Waals surface area contributed by atoms with E-state index >= 15 is 0 Å². The summed E-state index contributed by atoms with van der Waals surface area (Å²) in [5, 5.41) is 0. The lowest BCUT2D eigenvalue weighted by molar-refractivity contribution is -0.127. The fourth-order valence-electron chi connectivity index (χ4n) is 4.33. The molecule has 4 rings (SSSR count). The SMILES string of the molecule is Cc1cccn2cc(CN3CCCC[C@@H]3CCN3CCCC3=O)nc12. The van der Waals surface area contributed by atoms with E-state index in [4.69, 9.17) is 4.98 Å². The molecule has 1 atom stereocenters. The number of carbonyl (C=O) groups is 1. The van der Waals surface area contributed by atoms with Gasteiger partial charge in [-0.25, -0.2) is 4.98 Å². The molecule has 0 aromatic carbocycles. The third kappa shape index (κ3) is 3.56. The molecule has 0 bridgehead atoms. The van der Waals surface area contributed by atoms with Gasteiger partial charge in [0.2, 0.25) is 5.91 Å². The zero-order chi connectivity index (χ0) is 17.2. The van der Waals surface area contributed by atoms with Crippen LogP contribution < -0.4 is 0 Å². The molecule has 0 radical (unpaired) electrons. The van der Waals surface area contributed by atoms with E-state index in [1.807, 2.05) is 0 Å². The zero-order valence-electron chi connectivity index (χ0n) is 15.2. The number of aromatic nitrogens is 2. The number of hydrogen-bond acceptors (Lipinski definition) is 3. The van der Waals surface area contributed by atoms with Crippen LogP contribution in [0.25, 0.3) is 5.65 Å². The number of likely N-dealkylation sites (tertiary alicyclic amines) is 2. The second kappa shape index (κ2) is 7.16. The summed E-state index contributed by atoms with van der Waals surface area (Å²) in [6.45, 7) is 6.05. The first-order chi connectivity index (χ1) is 12.2. The molecule has 0 spiro atoms. The molecule has 4 heterocycles. The molecule has 134 valence electrons. The van der Waals surface area contributed by atoms with Crippen LogP contribution in [-0.2, 0) is 11.3 Å². The van der Waals surface area contributed by atoms with Crippen molar-refractivity contribution in [2.45, 2.75) is 58.0 Å². The number of imidazole rings is 1. The molecule has 2 aromatic rings. The fraction of sp³-hybridized carbons (Fsp3) is 0.600. The third-order valence-electron chi connectivity index (χ3n) is 5.75. The van der Waals surface area contributed by atoms with Gasteiger partial charge in [0.05, 0.1) is 5.69 Å². The van der Waals surface area contributed by atoms with E-state index in [0.717, 1.165) is 56.8 Å². The molecule has 0 aliphatic carbocycles. The Bertz CT molecular complexity index is 753. The second-order valence-corrected chi connectivity index (χ2v) is 7.55. The summed E-state index contributed by atoms with van der Waals surface area (Å²) in [5.74, 6) is 0.346. The van der Waals surface area contributed by atoms with Crippen LogP contribution in [-0.4, -0.2) is 50.8 Å². The molecular weight excluding hydrogens is 312 g/mol. The Kier molecular flexibility index (Phi) is 4.75. The van der Waals surface area contributed by atoms with Crippen LogP contribution in [0.15, 0.2) is 24.5 Å². The predicted molar refractivity (Wildman–Crippen MR) is 98.4 cm³/mol. The standard InChI is InChI=1S/C20H28N4O/c1-16-6-4-12-24-15-17(21-20(16)24)14-23-10-3-2-7-18(23)9-13-22-11-5-8-19(22)25/h4,6,12,15,18H,2-3,5,7-11,13-14H2,1H3/t18-/m1/s1. The normalized spacial score (nSPS) is 22.2. The molecule has 2 fully saturated rings. The average molecular weight is 340 g/mol. The maximum Gasteiger partial charge on any atom is 0.222 e. The lowest BCUT2D eigenvalue weighted by atomic mass is 9.99. The Balaban J connectivity index is 1.43. The van der Waals surface area contributed by atoms with Crippen LogP contribution in [0, 0.1) is 6.92 Å². The summed E-state index contributed by atoms with van der Waals surface area (Å²) < 4.78 is 2.13. The average Bonchev–Trinajstić information content (AvgIpc) is 3.21. The van der Waals surface area contributed by atoms with E-state index < -0.39 is 0 Å². The summed E-state index contributed by atoms with van der Waals surface area (Å²) >= 11 is 0.